The van der Waals surface area contributed by atoms with Crippen LogP contribution in [0.2, 0.25) is 0 Å². The van der Waals surface area contributed by atoms with Crippen LogP contribution in [-0.4, -0.2) is 9.38 Å². The molecule has 0 aliphatic rings. The summed E-state index contributed by atoms with van der Waals surface area (Å²) in [5.74, 6) is -0.239. The monoisotopic (exact) mass is 360 g/mol. The maximum absolute atomic E-state index is 13.3. The van der Waals surface area contributed by atoms with Crippen LogP contribution in [0, 0.1) is 12.7 Å². The topological polar surface area (TPSA) is 37.3 Å². The van der Waals surface area contributed by atoms with Crippen LogP contribution in [0.15, 0.2) is 65.6 Å². The van der Waals surface area contributed by atoms with Crippen molar-refractivity contribution in [3.8, 4) is 11.1 Å². The molecule has 0 bridgehead atoms. The van der Waals surface area contributed by atoms with E-state index in [0.29, 0.717) is 11.9 Å². The zero-order valence-corrected chi connectivity index (χ0v) is 15.4. The molecule has 136 valence electrons. The molecule has 0 fully saturated rings. The summed E-state index contributed by atoms with van der Waals surface area (Å²) in [7, 11) is 0. The fraction of sp³-hybridized carbons (Fsp3) is 0.174. The van der Waals surface area contributed by atoms with Crippen molar-refractivity contribution < 1.29 is 4.39 Å². The van der Waals surface area contributed by atoms with E-state index in [9.17, 15) is 9.18 Å². The van der Waals surface area contributed by atoms with E-state index in [-0.39, 0.29) is 11.4 Å². The molecule has 2 aromatic heterocycles. The Morgan fingerprint density at radius 1 is 1.04 bits per heavy atom. The van der Waals surface area contributed by atoms with Crippen molar-refractivity contribution in [2.45, 2.75) is 26.7 Å². The number of aryl methyl sites for hydroxylation is 2. The van der Waals surface area contributed by atoms with Crippen LogP contribution >= 0.6 is 0 Å². The first kappa shape index (κ1) is 17.3. The Bertz CT molecular complexity index is 1170. The molecule has 0 saturated carbocycles. The molecular weight excluding hydrogens is 339 g/mol. The summed E-state index contributed by atoms with van der Waals surface area (Å²) < 4.78 is 15.3. The first-order chi connectivity index (χ1) is 13.1. The lowest BCUT2D eigenvalue weighted by Crippen LogP contribution is -2.11. The van der Waals surface area contributed by atoms with Crippen LogP contribution in [0.25, 0.3) is 16.6 Å². The standard InChI is InChI=1S/C23H21FN2O/c1-3-16-12-22-23(27)25-15(2)14-26(22)21(16)13-18-6-4-5-7-20(18)17-8-10-19(24)11-9-17/h4-12,14H,3,13H2,1-2H3,(H,25,27). The van der Waals surface area contributed by atoms with Crippen molar-refractivity contribution in [1.82, 2.24) is 9.38 Å². The normalized spacial score (nSPS) is 11.2. The van der Waals surface area contributed by atoms with Crippen molar-refractivity contribution in [3.05, 3.63) is 99.5 Å². The molecule has 0 atom stereocenters. The molecule has 2 aromatic carbocycles. The molecule has 0 unspecified atom stereocenters. The van der Waals surface area contributed by atoms with Gasteiger partial charge in [0.25, 0.3) is 5.56 Å². The van der Waals surface area contributed by atoms with Gasteiger partial charge in [0.05, 0.1) is 0 Å². The Hall–Kier alpha value is -3.14. The molecule has 0 radical (unpaired) electrons. The number of halogens is 1. The van der Waals surface area contributed by atoms with Crippen LogP contribution in [0.4, 0.5) is 4.39 Å². The minimum Gasteiger partial charge on any atom is -0.323 e. The molecular formula is C23H21FN2O. The molecule has 3 nitrogen and oxygen atoms in total. The number of aromatic nitrogens is 2. The highest BCUT2D eigenvalue weighted by molar-refractivity contribution is 5.68. The first-order valence-electron chi connectivity index (χ1n) is 9.13. The summed E-state index contributed by atoms with van der Waals surface area (Å²) in [5.41, 5.74) is 6.94. The summed E-state index contributed by atoms with van der Waals surface area (Å²) in [5, 5.41) is 0. The lowest BCUT2D eigenvalue weighted by atomic mass is 9.95. The largest absolute Gasteiger partial charge is 0.323 e. The van der Waals surface area contributed by atoms with Gasteiger partial charge in [-0.05, 0) is 53.8 Å². The predicted octanol–water partition coefficient (Wildman–Crippen LogP) is 4.90. The maximum atomic E-state index is 13.3. The highest BCUT2D eigenvalue weighted by atomic mass is 19.1. The van der Waals surface area contributed by atoms with E-state index in [1.54, 1.807) is 12.1 Å². The minimum absolute atomic E-state index is 0.0669. The van der Waals surface area contributed by atoms with Crippen molar-refractivity contribution in [3.63, 3.8) is 0 Å². The predicted molar refractivity (Wildman–Crippen MR) is 107 cm³/mol. The number of hydrogen-bond donors (Lipinski definition) is 1. The number of hydrogen-bond acceptors (Lipinski definition) is 1. The van der Waals surface area contributed by atoms with Crippen LogP contribution in [-0.2, 0) is 12.8 Å². The first-order valence-corrected chi connectivity index (χ1v) is 9.13. The van der Waals surface area contributed by atoms with Crippen LogP contribution in [0.1, 0.15) is 29.4 Å². The average Bonchev–Trinajstić information content (AvgIpc) is 3.01. The van der Waals surface area contributed by atoms with E-state index < -0.39 is 0 Å². The lowest BCUT2D eigenvalue weighted by molar-refractivity contribution is 0.628. The van der Waals surface area contributed by atoms with Crippen molar-refractivity contribution >= 4 is 5.52 Å². The molecule has 1 N–H and O–H groups in total. The Kier molecular flexibility index (Phi) is 4.40. The van der Waals surface area contributed by atoms with Crippen molar-refractivity contribution in [1.29, 1.82) is 0 Å². The van der Waals surface area contributed by atoms with Gasteiger partial charge < -0.3 is 9.38 Å². The van der Waals surface area contributed by atoms with E-state index in [1.807, 2.05) is 35.7 Å². The quantitative estimate of drug-likeness (QED) is 0.552. The van der Waals surface area contributed by atoms with Crippen molar-refractivity contribution in [2.24, 2.45) is 0 Å². The SMILES string of the molecule is CCc1cc2c(=O)[nH]c(C)cn2c1Cc1ccccc1-c1ccc(F)cc1. The summed E-state index contributed by atoms with van der Waals surface area (Å²) in [6.45, 7) is 3.99. The number of aromatic amines is 1. The number of nitrogens with zero attached hydrogens (tertiary/aromatic N) is 1. The Morgan fingerprint density at radius 3 is 2.52 bits per heavy atom. The second kappa shape index (κ2) is 6.88. The van der Waals surface area contributed by atoms with Gasteiger partial charge in [0.15, 0.2) is 0 Å². The zero-order valence-electron chi connectivity index (χ0n) is 15.4. The second-order valence-electron chi connectivity index (χ2n) is 6.83. The van der Waals surface area contributed by atoms with Gasteiger partial charge in [-0.15, -0.1) is 0 Å². The Morgan fingerprint density at radius 2 is 1.78 bits per heavy atom. The van der Waals surface area contributed by atoms with E-state index >= 15 is 0 Å². The Labute approximate surface area is 157 Å². The fourth-order valence-corrected chi connectivity index (χ4v) is 3.68. The van der Waals surface area contributed by atoms with E-state index in [2.05, 4.69) is 24.0 Å². The Balaban J connectivity index is 1.86. The van der Waals surface area contributed by atoms with Gasteiger partial charge in [0, 0.05) is 24.0 Å². The minimum atomic E-state index is -0.239. The van der Waals surface area contributed by atoms with Gasteiger partial charge in [-0.1, -0.05) is 43.3 Å². The third-order valence-corrected chi connectivity index (χ3v) is 5.01. The summed E-state index contributed by atoms with van der Waals surface area (Å²) in [4.78, 5) is 15.2. The number of fused-ring (bicyclic) bond motifs is 1. The molecule has 0 spiro atoms. The number of rotatable bonds is 4. The van der Waals surface area contributed by atoms with Gasteiger partial charge in [0.2, 0.25) is 0 Å². The molecule has 0 saturated heterocycles. The van der Waals surface area contributed by atoms with E-state index in [4.69, 9.17) is 0 Å². The highest BCUT2D eigenvalue weighted by Crippen LogP contribution is 2.28. The molecule has 2 heterocycles. The fourth-order valence-electron chi connectivity index (χ4n) is 3.68. The molecule has 0 aliphatic heterocycles. The van der Waals surface area contributed by atoms with Gasteiger partial charge in [-0.2, -0.15) is 0 Å². The van der Waals surface area contributed by atoms with Gasteiger partial charge >= 0.3 is 0 Å². The third-order valence-electron chi connectivity index (χ3n) is 5.01. The number of nitrogens with one attached hydrogen (secondary N) is 1. The molecule has 4 aromatic rings. The summed E-state index contributed by atoms with van der Waals surface area (Å²) in [6.07, 6.45) is 3.54. The molecule has 27 heavy (non-hydrogen) atoms. The zero-order chi connectivity index (χ0) is 19.0. The van der Waals surface area contributed by atoms with Crippen LogP contribution < -0.4 is 5.56 Å². The molecule has 0 amide bonds. The summed E-state index contributed by atoms with van der Waals surface area (Å²) >= 11 is 0. The molecule has 4 heteroatoms. The highest BCUT2D eigenvalue weighted by Gasteiger charge is 2.14. The van der Waals surface area contributed by atoms with Crippen LogP contribution in [0.3, 0.4) is 0 Å². The van der Waals surface area contributed by atoms with E-state index in [1.165, 1.54) is 17.7 Å². The lowest BCUT2D eigenvalue weighted by Gasteiger charge is -2.12. The van der Waals surface area contributed by atoms with Gasteiger partial charge in [-0.3, -0.25) is 4.79 Å². The van der Waals surface area contributed by atoms with Crippen LogP contribution in [0.5, 0.6) is 0 Å². The molecule has 0 aliphatic carbocycles. The smallest absolute Gasteiger partial charge is 0.272 e. The van der Waals surface area contributed by atoms with Crippen molar-refractivity contribution in [2.75, 3.05) is 0 Å². The maximum Gasteiger partial charge on any atom is 0.272 e. The van der Waals surface area contributed by atoms with E-state index in [0.717, 1.165) is 34.5 Å². The van der Waals surface area contributed by atoms with Gasteiger partial charge in [0.1, 0.15) is 11.3 Å². The summed E-state index contributed by atoms with van der Waals surface area (Å²) in [6, 6.07) is 16.7. The molecule has 4 rings (SSSR count). The third kappa shape index (κ3) is 3.19. The second-order valence-corrected chi connectivity index (χ2v) is 6.83. The number of benzene rings is 2. The van der Waals surface area contributed by atoms with Gasteiger partial charge in [-0.25, -0.2) is 4.39 Å². The number of H-pyrrole nitrogens is 1. The average molecular weight is 360 g/mol.